The number of halogens is 3. The van der Waals surface area contributed by atoms with E-state index >= 15 is 0 Å². The summed E-state index contributed by atoms with van der Waals surface area (Å²) in [6, 6.07) is 1.77. The van der Waals surface area contributed by atoms with Crippen molar-refractivity contribution in [2.75, 3.05) is 6.26 Å². The molecule has 1 atom stereocenters. The molecule has 1 unspecified atom stereocenters. The minimum Gasteiger partial charge on any atom is -0.612 e. The van der Waals surface area contributed by atoms with E-state index in [4.69, 9.17) is 0 Å². The van der Waals surface area contributed by atoms with Crippen LogP contribution in [-0.2, 0) is 24.4 Å². The molecule has 130 valence electrons. The van der Waals surface area contributed by atoms with Crippen molar-refractivity contribution in [2.45, 2.75) is 24.9 Å². The number of carbonyl (C=O) groups is 1. The fourth-order valence-corrected chi connectivity index (χ4v) is 3.61. The Bertz CT molecular complexity index is 813. The van der Waals surface area contributed by atoms with Crippen LogP contribution in [0.15, 0.2) is 17.0 Å². The van der Waals surface area contributed by atoms with E-state index in [1.54, 1.807) is 0 Å². The summed E-state index contributed by atoms with van der Waals surface area (Å²) in [6.07, 6.45) is -3.56. The molecule has 0 aliphatic rings. The molecule has 24 heavy (non-hydrogen) atoms. The van der Waals surface area contributed by atoms with E-state index < -0.39 is 33.6 Å². The topological polar surface area (TPSA) is 78.2 Å². The van der Waals surface area contributed by atoms with Crippen LogP contribution in [-0.4, -0.2) is 31.5 Å². The van der Waals surface area contributed by atoms with Crippen molar-refractivity contribution in [3.8, 4) is 5.88 Å². The van der Waals surface area contributed by atoms with Gasteiger partial charge in [-0.2, -0.15) is 18.3 Å². The Labute approximate surface area is 139 Å². The summed E-state index contributed by atoms with van der Waals surface area (Å²) in [5.74, 6) is -1.05. The van der Waals surface area contributed by atoms with Gasteiger partial charge in [0.25, 0.3) is 0 Å². The second kappa shape index (κ2) is 6.14. The summed E-state index contributed by atoms with van der Waals surface area (Å²) in [5, 5.41) is 13.9. The number of hydrogen-bond donors (Lipinski definition) is 1. The second-order valence-electron chi connectivity index (χ2n) is 5.30. The lowest BCUT2D eigenvalue weighted by Crippen LogP contribution is -2.17. The van der Waals surface area contributed by atoms with Gasteiger partial charge in [0.1, 0.15) is 17.4 Å². The number of aromatic hydroxyl groups is 1. The lowest BCUT2D eigenvalue weighted by atomic mass is 9.97. The van der Waals surface area contributed by atoms with E-state index in [1.165, 1.54) is 20.9 Å². The highest BCUT2D eigenvalue weighted by Crippen LogP contribution is 2.37. The number of aromatic nitrogens is 2. The summed E-state index contributed by atoms with van der Waals surface area (Å²) in [4.78, 5) is 12.2. The van der Waals surface area contributed by atoms with Gasteiger partial charge >= 0.3 is 6.18 Å². The minimum absolute atomic E-state index is 0.0293. The zero-order chi connectivity index (χ0) is 18.4. The maximum Gasteiger partial charge on any atom is 0.421 e. The van der Waals surface area contributed by atoms with Crippen LogP contribution >= 0.6 is 0 Å². The minimum atomic E-state index is -4.68. The number of carbonyl (C=O) groups excluding carboxylic acids is 1. The van der Waals surface area contributed by atoms with E-state index in [-0.39, 0.29) is 28.3 Å². The SMILES string of the molecule is Cc1nn(C)c(O)c1C(=O)c1ccc(C(F)(F)F)c([S+](C)[O-])c1C. The average molecular weight is 360 g/mol. The third-order valence-electron chi connectivity index (χ3n) is 3.66. The monoisotopic (exact) mass is 360 g/mol. The van der Waals surface area contributed by atoms with Gasteiger partial charge in [-0.25, -0.2) is 4.68 Å². The molecule has 0 aliphatic heterocycles. The predicted octanol–water partition coefficient (Wildman–Crippen LogP) is 2.73. The normalized spacial score (nSPS) is 13.2. The fourth-order valence-electron chi connectivity index (χ4n) is 2.58. The van der Waals surface area contributed by atoms with E-state index in [0.717, 1.165) is 23.1 Å². The molecule has 0 saturated carbocycles. The lowest BCUT2D eigenvalue weighted by Gasteiger charge is -2.17. The van der Waals surface area contributed by atoms with Crippen LogP contribution in [0, 0.1) is 13.8 Å². The molecule has 1 N–H and O–H groups in total. The maximum atomic E-state index is 13.1. The molecule has 0 aliphatic carbocycles. The molecule has 2 rings (SSSR count). The van der Waals surface area contributed by atoms with E-state index in [0.29, 0.717) is 0 Å². The van der Waals surface area contributed by atoms with Gasteiger partial charge in [0, 0.05) is 18.2 Å². The van der Waals surface area contributed by atoms with Crippen molar-refractivity contribution >= 4 is 17.0 Å². The van der Waals surface area contributed by atoms with Gasteiger partial charge in [0.15, 0.2) is 4.90 Å². The van der Waals surface area contributed by atoms with Crippen molar-refractivity contribution in [1.82, 2.24) is 9.78 Å². The van der Waals surface area contributed by atoms with Gasteiger partial charge in [-0.15, -0.1) is 0 Å². The zero-order valence-corrected chi connectivity index (χ0v) is 14.2. The van der Waals surface area contributed by atoms with Crippen molar-refractivity contribution in [1.29, 1.82) is 0 Å². The predicted molar refractivity (Wildman–Crippen MR) is 81.6 cm³/mol. The van der Waals surface area contributed by atoms with E-state index in [2.05, 4.69) is 5.10 Å². The summed E-state index contributed by atoms with van der Waals surface area (Å²) in [7, 11) is 1.44. The molecule has 2 aromatic rings. The Morgan fingerprint density at radius 3 is 2.33 bits per heavy atom. The summed E-state index contributed by atoms with van der Waals surface area (Å²) >= 11 is -1.94. The second-order valence-corrected chi connectivity index (χ2v) is 6.62. The number of alkyl halides is 3. The van der Waals surface area contributed by atoms with Gasteiger partial charge in [0.2, 0.25) is 11.7 Å². The highest BCUT2D eigenvalue weighted by Gasteiger charge is 2.39. The molecule has 1 aromatic carbocycles. The third-order valence-corrected chi connectivity index (χ3v) is 4.76. The fraction of sp³-hybridized carbons (Fsp3) is 0.333. The van der Waals surface area contributed by atoms with Gasteiger partial charge in [-0.05, 0) is 37.2 Å². The Hall–Kier alpha value is -2.00. The Morgan fingerprint density at radius 1 is 1.33 bits per heavy atom. The number of hydrogen-bond acceptors (Lipinski definition) is 4. The van der Waals surface area contributed by atoms with Crippen LogP contribution in [0.3, 0.4) is 0 Å². The highest BCUT2D eigenvalue weighted by molar-refractivity contribution is 7.90. The van der Waals surface area contributed by atoms with Crippen LogP contribution in [0.2, 0.25) is 0 Å². The molecular formula is C15H15F3N2O3S. The van der Waals surface area contributed by atoms with Crippen molar-refractivity contribution in [3.05, 3.63) is 40.1 Å². The molecule has 0 amide bonds. The maximum absolute atomic E-state index is 13.1. The first-order chi connectivity index (χ1) is 11.0. The van der Waals surface area contributed by atoms with Gasteiger partial charge < -0.3 is 9.66 Å². The Kier molecular flexibility index (Phi) is 4.69. The van der Waals surface area contributed by atoms with Crippen LogP contribution in [0.1, 0.15) is 32.7 Å². The van der Waals surface area contributed by atoms with Crippen molar-refractivity contribution in [3.63, 3.8) is 0 Å². The molecule has 9 heteroatoms. The molecule has 5 nitrogen and oxygen atoms in total. The van der Waals surface area contributed by atoms with Gasteiger partial charge in [-0.1, -0.05) is 0 Å². The number of ketones is 1. The van der Waals surface area contributed by atoms with Crippen LogP contribution in [0.5, 0.6) is 5.88 Å². The largest absolute Gasteiger partial charge is 0.612 e. The van der Waals surface area contributed by atoms with Crippen LogP contribution in [0.25, 0.3) is 0 Å². The third kappa shape index (κ3) is 3.01. The van der Waals surface area contributed by atoms with Gasteiger partial charge in [-0.3, -0.25) is 4.79 Å². The standard InChI is InChI=1S/C15H15F3N2O3S/c1-7-9(12(21)11-8(2)19-20(3)14(11)22)5-6-10(15(16,17)18)13(7)24(4)23/h5-6,22H,1-4H3. The van der Waals surface area contributed by atoms with E-state index in [1.807, 2.05) is 0 Å². The molecule has 0 spiro atoms. The zero-order valence-electron chi connectivity index (χ0n) is 13.4. The molecule has 0 radical (unpaired) electrons. The van der Waals surface area contributed by atoms with Crippen molar-refractivity contribution in [2.24, 2.45) is 7.05 Å². The lowest BCUT2D eigenvalue weighted by molar-refractivity contribution is -0.139. The number of rotatable bonds is 3. The first-order valence-corrected chi connectivity index (χ1v) is 8.34. The molecular weight excluding hydrogens is 345 g/mol. The van der Waals surface area contributed by atoms with Crippen LogP contribution in [0.4, 0.5) is 13.2 Å². The summed E-state index contributed by atoms with van der Waals surface area (Å²) < 4.78 is 52.2. The van der Waals surface area contributed by atoms with Crippen molar-refractivity contribution < 1.29 is 27.6 Å². The number of aryl methyl sites for hydroxylation is 2. The van der Waals surface area contributed by atoms with E-state index in [9.17, 15) is 27.6 Å². The summed E-state index contributed by atoms with van der Waals surface area (Å²) in [6.45, 7) is 2.81. The Balaban J connectivity index is 2.68. The van der Waals surface area contributed by atoms with Gasteiger partial charge in [0.05, 0.1) is 5.69 Å². The molecule has 1 aromatic heterocycles. The molecule has 1 heterocycles. The number of benzene rings is 1. The first-order valence-electron chi connectivity index (χ1n) is 6.78. The average Bonchev–Trinajstić information content (AvgIpc) is 2.69. The molecule has 0 fully saturated rings. The quantitative estimate of drug-likeness (QED) is 0.674. The molecule has 0 saturated heterocycles. The summed E-state index contributed by atoms with van der Waals surface area (Å²) in [5.41, 5.74) is -0.964. The highest BCUT2D eigenvalue weighted by atomic mass is 32.2. The smallest absolute Gasteiger partial charge is 0.421 e. The van der Waals surface area contributed by atoms with Crippen LogP contribution < -0.4 is 0 Å². The molecule has 0 bridgehead atoms. The number of nitrogens with zero attached hydrogens (tertiary/aromatic N) is 2. The Morgan fingerprint density at radius 2 is 1.92 bits per heavy atom. The first kappa shape index (κ1) is 18.3.